The zero-order valence-corrected chi connectivity index (χ0v) is 9.65. The Bertz CT molecular complexity index is 437. The largest absolute Gasteiger partial charge is 0.441 e. The lowest BCUT2D eigenvalue weighted by Gasteiger charge is -2.32. The molecule has 0 saturated heterocycles. The molecule has 0 fully saturated rings. The number of nitrogens with two attached hydrogens (primary N) is 1. The van der Waals surface area contributed by atoms with Crippen LogP contribution in [0.2, 0.25) is 0 Å². The molecule has 1 aromatic rings. The normalized spacial score (nSPS) is 18.8. The predicted octanol–water partition coefficient (Wildman–Crippen LogP) is 2.65. The van der Waals surface area contributed by atoms with Crippen molar-refractivity contribution in [3.63, 3.8) is 0 Å². The Morgan fingerprint density at radius 1 is 1.53 bits per heavy atom. The van der Waals surface area contributed by atoms with Crippen molar-refractivity contribution in [1.29, 1.82) is 0 Å². The highest BCUT2D eigenvalue weighted by atomic mass is 19.1. The van der Waals surface area contributed by atoms with Gasteiger partial charge in [0.05, 0.1) is 12.4 Å². The number of halogens is 1. The van der Waals surface area contributed by atoms with Crippen LogP contribution in [0, 0.1) is 0 Å². The van der Waals surface area contributed by atoms with Gasteiger partial charge in [0, 0.05) is 17.8 Å². The Kier molecular flexibility index (Phi) is 3.17. The van der Waals surface area contributed by atoms with E-state index in [4.69, 9.17) is 10.5 Å². The van der Waals surface area contributed by atoms with Gasteiger partial charge in [-0.25, -0.2) is 4.79 Å². The maximum absolute atomic E-state index is 12.2. The molecule has 0 saturated carbocycles. The molecule has 1 unspecified atom stereocenters. The van der Waals surface area contributed by atoms with Crippen LogP contribution >= 0.6 is 0 Å². The highest BCUT2D eigenvalue weighted by Crippen LogP contribution is 2.35. The molecule has 0 radical (unpaired) electrons. The van der Waals surface area contributed by atoms with E-state index in [0.717, 1.165) is 11.3 Å². The van der Waals surface area contributed by atoms with Crippen molar-refractivity contribution >= 4 is 17.5 Å². The summed E-state index contributed by atoms with van der Waals surface area (Å²) < 4.78 is 17.4. The van der Waals surface area contributed by atoms with Crippen molar-refractivity contribution < 1.29 is 13.9 Å². The molecule has 0 spiro atoms. The Hall–Kier alpha value is -1.78. The average Bonchev–Trinajstić information content (AvgIpc) is 2.29. The summed E-state index contributed by atoms with van der Waals surface area (Å²) in [6, 6.07) is 5.29. The molecule has 1 amide bonds. The first kappa shape index (κ1) is 11.7. The molecule has 92 valence electrons. The van der Waals surface area contributed by atoms with Gasteiger partial charge in [0.25, 0.3) is 0 Å². The number of amides is 1. The average molecular weight is 238 g/mol. The standard InChI is InChI=1S/C12H15FN2O2/c1-8-10-7-9(14)3-4-11(10)15(6-2-5-13)12(16)17-8/h3-4,7-8H,2,5-6,14H2,1H3. The molecule has 1 atom stereocenters. The molecule has 0 bridgehead atoms. The van der Waals surface area contributed by atoms with Crippen LogP contribution in [0.25, 0.3) is 0 Å². The van der Waals surface area contributed by atoms with E-state index in [0.29, 0.717) is 18.7 Å². The first-order valence-electron chi connectivity index (χ1n) is 5.57. The number of carbonyl (C=O) groups is 1. The summed E-state index contributed by atoms with van der Waals surface area (Å²) in [5.74, 6) is 0. The Balaban J connectivity index is 2.36. The van der Waals surface area contributed by atoms with Gasteiger partial charge >= 0.3 is 6.09 Å². The number of fused-ring (bicyclic) bond motifs is 1. The van der Waals surface area contributed by atoms with E-state index in [1.54, 1.807) is 25.1 Å². The summed E-state index contributed by atoms with van der Waals surface area (Å²) >= 11 is 0. The van der Waals surface area contributed by atoms with Crippen molar-refractivity contribution in [2.45, 2.75) is 19.4 Å². The number of carbonyl (C=O) groups excluding carboxylic acids is 1. The Morgan fingerprint density at radius 2 is 2.29 bits per heavy atom. The fourth-order valence-electron chi connectivity index (χ4n) is 1.95. The van der Waals surface area contributed by atoms with Crippen molar-refractivity contribution in [2.75, 3.05) is 23.9 Å². The van der Waals surface area contributed by atoms with E-state index in [1.165, 1.54) is 4.90 Å². The molecular formula is C12H15FN2O2. The van der Waals surface area contributed by atoms with E-state index in [2.05, 4.69) is 0 Å². The van der Waals surface area contributed by atoms with Crippen molar-refractivity contribution in [3.05, 3.63) is 23.8 Å². The minimum absolute atomic E-state index is 0.299. The lowest BCUT2D eigenvalue weighted by atomic mass is 10.0. The third kappa shape index (κ3) is 2.18. The van der Waals surface area contributed by atoms with E-state index < -0.39 is 12.8 Å². The summed E-state index contributed by atoms with van der Waals surface area (Å²) in [7, 11) is 0. The van der Waals surface area contributed by atoms with Gasteiger partial charge in [-0.15, -0.1) is 0 Å². The summed E-state index contributed by atoms with van der Waals surface area (Å²) in [4.78, 5) is 13.2. The van der Waals surface area contributed by atoms with Gasteiger partial charge in [-0.2, -0.15) is 0 Å². The zero-order chi connectivity index (χ0) is 12.4. The van der Waals surface area contributed by atoms with E-state index in [9.17, 15) is 9.18 Å². The molecule has 1 aliphatic heterocycles. The monoisotopic (exact) mass is 238 g/mol. The zero-order valence-electron chi connectivity index (χ0n) is 9.65. The summed E-state index contributed by atoms with van der Waals surface area (Å²) in [5.41, 5.74) is 7.95. The van der Waals surface area contributed by atoms with Crippen LogP contribution in [0.5, 0.6) is 0 Å². The predicted molar refractivity (Wildman–Crippen MR) is 63.7 cm³/mol. The first-order valence-corrected chi connectivity index (χ1v) is 5.57. The molecule has 2 rings (SSSR count). The fraction of sp³-hybridized carbons (Fsp3) is 0.417. The van der Waals surface area contributed by atoms with Crippen LogP contribution in [0.3, 0.4) is 0 Å². The maximum Gasteiger partial charge on any atom is 0.414 e. The van der Waals surface area contributed by atoms with Crippen LogP contribution in [-0.4, -0.2) is 19.3 Å². The molecule has 4 nitrogen and oxygen atoms in total. The van der Waals surface area contributed by atoms with Crippen molar-refractivity contribution in [1.82, 2.24) is 0 Å². The van der Waals surface area contributed by atoms with Crippen LogP contribution < -0.4 is 10.6 Å². The minimum atomic E-state index is -0.455. The first-order chi connectivity index (χ1) is 8.13. The smallest absolute Gasteiger partial charge is 0.414 e. The van der Waals surface area contributed by atoms with Crippen LogP contribution in [0.15, 0.2) is 18.2 Å². The summed E-state index contributed by atoms with van der Waals surface area (Å²) in [6.07, 6.45) is -0.446. The number of hydrogen-bond acceptors (Lipinski definition) is 3. The fourth-order valence-corrected chi connectivity index (χ4v) is 1.95. The number of anilines is 2. The van der Waals surface area contributed by atoms with E-state index >= 15 is 0 Å². The highest BCUT2D eigenvalue weighted by molar-refractivity contribution is 5.91. The van der Waals surface area contributed by atoms with Gasteiger partial charge in [0.1, 0.15) is 6.10 Å². The minimum Gasteiger partial charge on any atom is -0.441 e. The van der Waals surface area contributed by atoms with Gasteiger partial charge in [-0.3, -0.25) is 9.29 Å². The second kappa shape index (κ2) is 4.61. The summed E-state index contributed by atoms with van der Waals surface area (Å²) in [5, 5.41) is 0. The lowest BCUT2D eigenvalue weighted by Crippen LogP contribution is -2.37. The number of nitrogens with zero attached hydrogens (tertiary/aromatic N) is 1. The van der Waals surface area contributed by atoms with Crippen LogP contribution in [0.4, 0.5) is 20.6 Å². The Labute approximate surface area is 99.2 Å². The van der Waals surface area contributed by atoms with Crippen molar-refractivity contribution in [3.8, 4) is 0 Å². The third-order valence-corrected chi connectivity index (χ3v) is 2.79. The molecule has 1 aromatic carbocycles. The molecule has 1 aliphatic rings. The molecular weight excluding hydrogens is 223 g/mol. The van der Waals surface area contributed by atoms with E-state index in [1.807, 2.05) is 0 Å². The third-order valence-electron chi connectivity index (χ3n) is 2.79. The molecule has 1 heterocycles. The van der Waals surface area contributed by atoms with Gasteiger partial charge in [0.2, 0.25) is 0 Å². The maximum atomic E-state index is 12.2. The van der Waals surface area contributed by atoms with Gasteiger partial charge in [-0.05, 0) is 31.5 Å². The number of hydrogen-bond donors (Lipinski definition) is 1. The van der Waals surface area contributed by atoms with Gasteiger partial charge < -0.3 is 10.5 Å². The topological polar surface area (TPSA) is 55.6 Å². The SMILES string of the molecule is CC1OC(=O)N(CCCF)c2ccc(N)cc21. The quantitative estimate of drug-likeness (QED) is 0.823. The molecule has 2 N–H and O–H groups in total. The lowest BCUT2D eigenvalue weighted by molar-refractivity contribution is 0.107. The van der Waals surface area contributed by atoms with Gasteiger partial charge in [-0.1, -0.05) is 0 Å². The second-order valence-electron chi connectivity index (χ2n) is 4.04. The number of cyclic esters (lactones) is 1. The summed E-state index contributed by atoms with van der Waals surface area (Å²) in [6.45, 7) is 1.66. The highest BCUT2D eigenvalue weighted by Gasteiger charge is 2.29. The molecule has 0 aliphatic carbocycles. The molecule has 0 aromatic heterocycles. The van der Waals surface area contributed by atoms with Crippen LogP contribution in [0.1, 0.15) is 25.0 Å². The molecule has 17 heavy (non-hydrogen) atoms. The van der Waals surface area contributed by atoms with Gasteiger partial charge in [0.15, 0.2) is 0 Å². The second-order valence-corrected chi connectivity index (χ2v) is 4.04. The number of alkyl halides is 1. The number of rotatable bonds is 3. The number of nitrogen functional groups attached to an aromatic ring is 1. The Morgan fingerprint density at radius 3 is 3.00 bits per heavy atom. The van der Waals surface area contributed by atoms with E-state index in [-0.39, 0.29) is 6.10 Å². The van der Waals surface area contributed by atoms with Crippen molar-refractivity contribution in [2.24, 2.45) is 0 Å². The van der Waals surface area contributed by atoms with Crippen LogP contribution in [-0.2, 0) is 4.74 Å². The number of ether oxygens (including phenoxy) is 1. The number of benzene rings is 1. The molecule has 5 heteroatoms.